The molecule has 0 radical (unpaired) electrons. The Morgan fingerprint density at radius 1 is 1.06 bits per heavy atom. The number of aromatic nitrogens is 2. The van der Waals surface area contributed by atoms with Gasteiger partial charge in [-0.05, 0) is 43.2 Å². The summed E-state index contributed by atoms with van der Waals surface area (Å²) in [4.78, 5) is 43.1. The monoisotopic (exact) mass is 429 g/mol. The fraction of sp³-hybridized carbons (Fsp3) is 0.250. The number of anilines is 1. The average molecular weight is 429 g/mol. The average Bonchev–Trinajstić information content (AvgIpc) is 3.25. The summed E-state index contributed by atoms with van der Waals surface area (Å²) in [5.41, 5.74) is 11.7. The van der Waals surface area contributed by atoms with Gasteiger partial charge in [-0.2, -0.15) is 0 Å². The summed E-state index contributed by atoms with van der Waals surface area (Å²) in [5, 5.41) is 2.34. The molecule has 0 saturated carbocycles. The highest BCUT2D eigenvalue weighted by molar-refractivity contribution is 6.05. The summed E-state index contributed by atoms with van der Waals surface area (Å²) in [6.45, 7) is 2.28. The van der Waals surface area contributed by atoms with Gasteiger partial charge in [-0.15, -0.1) is 0 Å². The van der Waals surface area contributed by atoms with Crippen molar-refractivity contribution < 1.29 is 14.4 Å². The van der Waals surface area contributed by atoms with E-state index in [0.29, 0.717) is 24.2 Å². The number of piperidine rings is 1. The molecule has 2 aromatic carbocycles. The lowest BCUT2D eigenvalue weighted by Crippen LogP contribution is -2.52. The smallest absolute Gasteiger partial charge is 0.255 e. The summed E-state index contributed by atoms with van der Waals surface area (Å²) in [6, 6.07) is 12.7. The van der Waals surface area contributed by atoms with Crippen molar-refractivity contribution in [3.05, 3.63) is 59.4 Å². The van der Waals surface area contributed by atoms with Gasteiger partial charge in [0.05, 0.1) is 11.4 Å². The fourth-order valence-electron chi connectivity index (χ4n) is 4.50. The van der Waals surface area contributed by atoms with E-state index < -0.39 is 11.9 Å². The molecule has 1 fully saturated rings. The number of imidazole rings is 1. The normalized spacial score (nSPS) is 18.1. The molecule has 3 N–H and O–H groups in total. The first-order chi connectivity index (χ1) is 15.3. The zero-order chi connectivity index (χ0) is 22.6. The van der Waals surface area contributed by atoms with E-state index in [1.54, 1.807) is 11.0 Å². The van der Waals surface area contributed by atoms with E-state index in [-0.39, 0.29) is 18.2 Å². The van der Waals surface area contributed by atoms with Crippen LogP contribution in [0.2, 0.25) is 0 Å². The van der Waals surface area contributed by atoms with E-state index in [1.807, 2.05) is 54.9 Å². The number of rotatable bonds is 3. The summed E-state index contributed by atoms with van der Waals surface area (Å²) in [6.07, 6.45) is 0.581. The SMILES string of the molecule is Cc1nc(-c2ccc3c(c2)CN(C2CCC(=O)NC2=O)C3=O)c(-c2ccc(N)cc2)n1C. The first-order valence-corrected chi connectivity index (χ1v) is 10.5. The molecule has 3 aromatic rings. The van der Waals surface area contributed by atoms with Crippen molar-refractivity contribution in [2.24, 2.45) is 7.05 Å². The zero-order valence-electron chi connectivity index (χ0n) is 17.9. The number of carbonyl (C=O) groups excluding carboxylic acids is 3. The van der Waals surface area contributed by atoms with E-state index >= 15 is 0 Å². The number of carbonyl (C=O) groups is 3. The number of amides is 3. The Morgan fingerprint density at radius 3 is 2.50 bits per heavy atom. The first-order valence-electron chi connectivity index (χ1n) is 10.5. The van der Waals surface area contributed by atoms with Gasteiger partial charge in [-0.1, -0.05) is 18.2 Å². The Hall–Kier alpha value is -3.94. The molecule has 0 bridgehead atoms. The predicted molar refractivity (Wildman–Crippen MR) is 119 cm³/mol. The van der Waals surface area contributed by atoms with Gasteiger partial charge in [0.2, 0.25) is 11.8 Å². The maximum absolute atomic E-state index is 13.0. The quantitative estimate of drug-likeness (QED) is 0.491. The Morgan fingerprint density at radius 2 is 1.78 bits per heavy atom. The van der Waals surface area contributed by atoms with Crippen LogP contribution in [0.1, 0.15) is 34.6 Å². The summed E-state index contributed by atoms with van der Waals surface area (Å²) in [7, 11) is 1.97. The first kappa shape index (κ1) is 20.0. The minimum atomic E-state index is -0.626. The van der Waals surface area contributed by atoms with Gasteiger partial charge in [0.15, 0.2) is 0 Å². The van der Waals surface area contributed by atoms with Crippen LogP contribution in [0, 0.1) is 6.92 Å². The van der Waals surface area contributed by atoms with E-state index in [0.717, 1.165) is 33.9 Å². The van der Waals surface area contributed by atoms with Crippen molar-refractivity contribution in [1.29, 1.82) is 0 Å². The molecule has 1 atom stereocenters. The van der Waals surface area contributed by atoms with E-state index in [2.05, 4.69) is 5.32 Å². The summed E-state index contributed by atoms with van der Waals surface area (Å²) < 4.78 is 2.04. The lowest BCUT2D eigenvalue weighted by atomic mass is 10.0. The topological polar surface area (TPSA) is 110 Å². The number of benzene rings is 2. The van der Waals surface area contributed by atoms with Gasteiger partial charge in [-0.25, -0.2) is 4.98 Å². The van der Waals surface area contributed by atoms with Gasteiger partial charge in [0.25, 0.3) is 5.91 Å². The maximum Gasteiger partial charge on any atom is 0.255 e. The van der Waals surface area contributed by atoms with Crippen LogP contribution >= 0.6 is 0 Å². The number of hydrogen-bond donors (Lipinski definition) is 2. The molecule has 8 nitrogen and oxygen atoms in total. The van der Waals surface area contributed by atoms with Crippen molar-refractivity contribution in [2.75, 3.05) is 5.73 Å². The van der Waals surface area contributed by atoms with Crippen molar-refractivity contribution in [1.82, 2.24) is 19.8 Å². The lowest BCUT2D eigenvalue weighted by molar-refractivity contribution is -0.136. The molecule has 5 rings (SSSR count). The number of nitrogen functional groups attached to an aromatic ring is 1. The second-order valence-electron chi connectivity index (χ2n) is 8.31. The van der Waals surface area contributed by atoms with Gasteiger partial charge in [0, 0.05) is 42.4 Å². The Labute approximate surface area is 185 Å². The van der Waals surface area contributed by atoms with Gasteiger partial charge in [-0.3, -0.25) is 19.7 Å². The molecule has 3 amide bonds. The van der Waals surface area contributed by atoms with Crippen LogP contribution in [-0.2, 0) is 23.2 Å². The second-order valence-corrected chi connectivity index (χ2v) is 8.31. The number of nitrogens with two attached hydrogens (primary N) is 1. The standard InChI is InChI=1S/C24H23N5O3/c1-13-26-21(22(28(13)2)14-3-6-17(25)7-4-14)15-5-8-18-16(11-15)12-29(24(18)32)19-9-10-20(30)27-23(19)31/h3-8,11,19H,9-10,12,25H2,1-2H3,(H,27,30,31). The third kappa shape index (κ3) is 3.15. The van der Waals surface area contributed by atoms with Crippen molar-refractivity contribution in [3.8, 4) is 22.5 Å². The molecule has 8 heteroatoms. The molecule has 2 aliphatic heterocycles. The number of nitrogens with one attached hydrogen (secondary N) is 1. The number of aryl methyl sites for hydroxylation is 1. The molecule has 0 spiro atoms. The Kier molecular flexibility index (Phi) is 4.58. The number of imide groups is 1. The van der Waals surface area contributed by atoms with E-state index in [9.17, 15) is 14.4 Å². The van der Waals surface area contributed by atoms with Crippen LogP contribution < -0.4 is 11.1 Å². The lowest BCUT2D eigenvalue weighted by Gasteiger charge is -2.29. The Balaban J connectivity index is 1.52. The number of nitrogens with zero attached hydrogens (tertiary/aromatic N) is 3. The molecule has 2 aliphatic rings. The third-order valence-electron chi connectivity index (χ3n) is 6.30. The molecule has 1 unspecified atom stereocenters. The largest absolute Gasteiger partial charge is 0.399 e. The summed E-state index contributed by atoms with van der Waals surface area (Å²) >= 11 is 0. The molecular formula is C24H23N5O3. The van der Waals surface area contributed by atoms with Crippen LogP contribution in [0.4, 0.5) is 5.69 Å². The number of hydrogen-bond acceptors (Lipinski definition) is 5. The Bertz CT molecular complexity index is 1280. The minimum absolute atomic E-state index is 0.183. The van der Waals surface area contributed by atoms with Crippen molar-refractivity contribution >= 4 is 23.4 Å². The highest BCUT2D eigenvalue weighted by Crippen LogP contribution is 2.36. The van der Waals surface area contributed by atoms with E-state index in [4.69, 9.17) is 10.7 Å². The van der Waals surface area contributed by atoms with Crippen LogP contribution in [0.15, 0.2) is 42.5 Å². The summed E-state index contributed by atoms with van der Waals surface area (Å²) in [5.74, 6) is -0.0161. The van der Waals surface area contributed by atoms with Crippen LogP contribution in [0.5, 0.6) is 0 Å². The van der Waals surface area contributed by atoms with Crippen LogP contribution in [-0.4, -0.2) is 38.2 Å². The molecule has 32 heavy (non-hydrogen) atoms. The zero-order valence-corrected chi connectivity index (χ0v) is 17.9. The molecular weight excluding hydrogens is 406 g/mol. The van der Waals surface area contributed by atoms with Gasteiger partial charge in [0.1, 0.15) is 11.9 Å². The second kappa shape index (κ2) is 7.33. The van der Waals surface area contributed by atoms with Crippen LogP contribution in [0.3, 0.4) is 0 Å². The van der Waals surface area contributed by atoms with E-state index in [1.165, 1.54) is 0 Å². The van der Waals surface area contributed by atoms with Crippen molar-refractivity contribution in [3.63, 3.8) is 0 Å². The van der Waals surface area contributed by atoms with Gasteiger partial charge >= 0.3 is 0 Å². The number of fused-ring (bicyclic) bond motifs is 1. The minimum Gasteiger partial charge on any atom is -0.399 e. The molecule has 0 aliphatic carbocycles. The molecule has 3 heterocycles. The maximum atomic E-state index is 13.0. The van der Waals surface area contributed by atoms with Crippen molar-refractivity contribution in [2.45, 2.75) is 32.4 Å². The highest BCUT2D eigenvalue weighted by atomic mass is 16.2. The molecule has 1 aromatic heterocycles. The molecule has 1 saturated heterocycles. The fourth-order valence-corrected chi connectivity index (χ4v) is 4.50. The highest BCUT2D eigenvalue weighted by Gasteiger charge is 2.39. The third-order valence-corrected chi connectivity index (χ3v) is 6.30. The van der Waals surface area contributed by atoms with Gasteiger partial charge < -0.3 is 15.2 Å². The van der Waals surface area contributed by atoms with Crippen LogP contribution in [0.25, 0.3) is 22.5 Å². The molecule has 162 valence electrons. The predicted octanol–water partition coefficient (Wildman–Crippen LogP) is 2.41.